The quantitative estimate of drug-likeness (QED) is 0.381. The third-order valence-electron chi connectivity index (χ3n) is 4.53. The minimum Gasteiger partial charge on any atom is -0.359 e. The number of hydrogen-bond donors (Lipinski definition) is 2. The van der Waals surface area contributed by atoms with Crippen LogP contribution in [0.25, 0.3) is 0 Å². The van der Waals surface area contributed by atoms with Gasteiger partial charge >= 0.3 is 0 Å². The van der Waals surface area contributed by atoms with E-state index >= 15 is 0 Å². The molecule has 0 amide bonds. The third kappa shape index (κ3) is 6.58. The molecule has 0 atom stereocenters. The number of halogens is 1. The molecular weight excluding hydrogens is 417 g/mol. The maximum Gasteiger partial charge on any atom is 0.191 e. The van der Waals surface area contributed by atoms with E-state index in [-0.39, 0.29) is 24.0 Å². The molecule has 1 aliphatic rings. The van der Waals surface area contributed by atoms with Gasteiger partial charge in [-0.15, -0.1) is 24.0 Å². The molecule has 0 radical (unpaired) electrons. The summed E-state index contributed by atoms with van der Waals surface area (Å²) in [6.45, 7) is 6.73. The molecule has 7 heteroatoms. The van der Waals surface area contributed by atoms with Crippen LogP contribution in [0.4, 0.5) is 0 Å². The first-order valence-electron chi connectivity index (χ1n) is 8.70. The topological polar surface area (TPSA) is 65.7 Å². The molecule has 1 heterocycles. The van der Waals surface area contributed by atoms with Crippen LogP contribution in [0.5, 0.6) is 0 Å². The van der Waals surface area contributed by atoms with Crippen molar-refractivity contribution in [3.8, 4) is 0 Å². The van der Waals surface area contributed by atoms with Crippen LogP contribution in [0, 0.1) is 0 Å². The minimum atomic E-state index is 0. The molecule has 0 unspecified atom stereocenters. The highest BCUT2D eigenvalue weighted by Gasteiger charge is 2.18. The molecule has 1 aliphatic carbocycles. The second kappa shape index (κ2) is 10.9. The number of hydrogen-bond acceptors (Lipinski definition) is 4. The van der Waals surface area contributed by atoms with Crippen LogP contribution in [-0.4, -0.2) is 49.2 Å². The lowest BCUT2D eigenvalue weighted by Gasteiger charge is -2.24. The van der Waals surface area contributed by atoms with Crippen LogP contribution >= 0.6 is 24.0 Å². The van der Waals surface area contributed by atoms with Gasteiger partial charge in [0.2, 0.25) is 0 Å². The first kappa shape index (κ1) is 21.2. The minimum absolute atomic E-state index is 0. The number of rotatable bonds is 7. The molecule has 6 nitrogen and oxygen atoms in total. The number of nitrogens with one attached hydrogen (secondary N) is 2. The summed E-state index contributed by atoms with van der Waals surface area (Å²) in [4.78, 5) is 6.71. The fraction of sp³-hybridized carbons (Fsp3) is 0.765. The van der Waals surface area contributed by atoms with Crippen LogP contribution in [0.1, 0.15) is 56.9 Å². The average Bonchev–Trinajstić information content (AvgIpc) is 3.21. The summed E-state index contributed by atoms with van der Waals surface area (Å²) in [6.07, 6.45) is 5.43. The Kier molecular flexibility index (Phi) is 9.65. The van der Waals surface area contributed by atoms with Gasteiger partial charge in [-0.2, -0.15) is 0 Å². The van der Waals surface area contributed by atoms with E-state index < -0.39 is 0 Å². The summed E-state index contributed by atoms with van der Waals surface area (Å²) >= 11 is 0. The van der Waals surface area contributed by atoms with Crippen LogP contribution in [0.15, 0.2) is 15.6 Å². The second-order valence-corrected chi connectivity index (χ2v) is 6.64. The summed E-state index contributed by atoms with van der Waals surface area (Å²) in [7, 11) is 4.01. The van der Waals surface area contributed by atoms with Crippen molar-refractivity contribution in [1.82, 2.24) is 20.7 Å². The Labute approximate surface area is 162 Å². The zero-order valence-corrected chi connectivity index (χ0v) is 17.7. The van der Waals surface area contributed by atoms with Gasteiger partial charge in [0.1, 0.15) is 0 Å². The van der Waals surface area contributed by atoms with Crippen molar-refractivity contribution in [2.75, 3.05) is 27.2 Å². The van der Waals surface area contributed by atoms with Gasteiger partial charge in [0.15, 0.2) is 11.7 Å². The largest absolute Gasteiger partial charge is 0.359 e. The number of aromatic nitrogens is 1. The number of nitrogens with zero attached hydrogens (tertiary/aromatic N) is 3. The summed E-state index contributed by atoms with van der Waals surface area (Å²) in [6, 6.07) is 2.76. The van der Waals surface area contributed by atoms with E-state index in [1.165, 1.54) is 25.7 Å². The van der Waals surface area contributed by atoms with Crippen molar-refractivity contribution >= 4 is 29.9 Å². The molecule has 1 aromatic heterocycles. The predicted molar refractivity (Wildman–Crippen MR) is 109 cm³/mol. The molecule has 1 fully saturated rings. The highest BCUT2D eigenvalue weighted by molar-refractivity contribution is 14.0. The smallest absolute Gasteiger partial charge is 0.191 e. The van der Waals surface area contributed by atoms with E-state index in [0.717, 1.165) is 36.5 Å². The summed E-state index contributed by atoms with van der Waals surface area (Å²) in [5.41, 5.74) is 0.989. The Bertz CT molecular complexity index is 497. The molecule has 2 N–H and O–H groups in total. The van der Waals surface area contributed by atoms with Crippen molar-refractivity contribution in [2.24, 2.45) is 4.99 Å². The Hall–Kier alpha value is -0.830. The van der Waals surface area contributed by atoms with Gasteiger partial charge in [0.05, 0.1) is 12.2 Å². The first-order valence-corrected chi connectivity index (χ1v) is 8.70. The Morgan fingerprint density at radius 1 is 1.38 bits per heavy atom. The average molecular weight is 449 g/mol. The van der Waals surface area contributed by atoms with Gasteiger partial charge in [0.25, 0.3) is 0 Å². The first-order chi connectivity index (χ1) is 11.1. The van der Waals surface area contributed by atoms with E-state index in [0.29, 0.717) is 12.5 Å². The van der Waals surface area contributed by atoms with Crippen LogP contribution in [0.2, 0.25) is 0 Å². The molecule has 0 saturated heterocycles. The zero-order valence-electron chi connectivity index (χ0n) is 15.3. The van der Waals surface area contributed by atoms with Gasteiger partial charge in [-0.3, -0.25) is 4.99 Å². The fourth-order valence-corrected chi connectivity index (χ4v) is 2.95. The molecule has 0 spiro atoms. The maximum atomic E-state index is 5.33. The van der Waals surface area contributed by atoms with Gasteiger partial charge in [-0.25, -0.2) is 0 Å². The molecular formula is C17H32IN5O. The fourth-order valence-electron chi connectivity index (χ4n) is 2.95. The van der Waals surface area contributed by atoms with E-state index in [1.54, 1.807) is 7.05 Å². The Morgan fingerprint density at radius 2 is 2.08 bits per heavy atom. The van der Waals surface area contributed by atoms with Crippen molar-refractivity contribution < 1.29 is 4.52 Å². The maximum absolute atomic E-state index is 5.33. The van der Waals surface area contributed by atoms with E-state index in [1.807, 2.05) is 6.07 Å². The Balaban J connectivity index is 0.00000288. The number of aliphatic imine (C=N–C) groups is 1. The lowest BCUT2D eigenvalue weighted by atomic mass is 10.1. The second-order valence-electron chi connectivity index (χ2n) is 6.64. The predicted octanol–water partition coefficient (Wildman–Crippen LogP) is 2.96. The summed E-state index contributed by atoms with van der Waals surface area (Å²) < 4.78 is 5.33. The molecule has 1 aromatic rings. The normalized spacial score (nSPS) is 15.8. The summed E-state index contributed by atoms with van der Waals surface area (Å²) in [5, 5.41) is 10.7. The molecule has 0 aromatic carbocycles. The molecule has 0 bridgehead atoms. The Morgan fingerprint density at radius 3 is 2.67 bits per heavy atom. The highest BCUT2D eigenvalue weighted by atomic mass is 127. The van der Waals surface area contributed by atoms with Crippen LogP contribution < -0.4 is 10.6 Å². The van der Waals surface area contributed by atoms with Crippen molar-refractivity contribution in [3.63, 3.8) is 0 Å². The third-order valence-corrected chi connectivity index (χ3v) is 4.53. The number of guanidine groups is 1. The van der Waals surface area contributed by atoms with Crippen molar-refractivity contribution in [3.05, 3.63) is 17.5 Å². The van der Waals surface area contributed by atoms with Crippen LogP contribution in [0.3, 0.4) is 0 Å². The molecule has 138 valence electrons. The standard InChI is InChI=1S/C17H31N5O.HI/c1-13(2)16-11-15(23-21-16)12-20-17(18-3)19-9-10-22(4)14-7-5-6-8-14;/h11,13-14H,5-10,12H2,1-4H3,(H2,18,19,20);1H. The van der Waals surface area contributed by atoms with Gasteiger partial charge < -0.3 is 20.1 Å². The van der Waals surface area contributed by atoms with Crippen LogP contribution in [-0.2, 0) is 6.54 Å². The van der Waals surface area contributed by atoms with E-state index in [9.17, 15) is 0 Å². The highest BCUT2D eigenvalue weighted by Crippen LogP contribution is 2.21. The lowest BCUT2D eigenvalue weighted by Crippen LogP contribution is -2.42. The summed E-state index contributed by atoms with van der Waals surface area (Å²) in [5.74, 6) is 2.02. The van der Waals surface area contributed by atoms with E-state index in [2.05, 4.69) is 46.6 Å². The SMILES string of the molecule is CN=C(NCCN(C)C1CCCC1)NCc1cc(C(C)C)no1.I. The van der Waals surface area contributed by atoms with Crippen molar-refractivity contribution in [1.29, 1.82) is 0 Å². The van der Waals surface area contributed by atoms with E-state index in [4.69, 9.17) is 4.52 Å². The zero-order chi connectivity index (χ0) is 16.7. The number of likely N-dealkylation sites (N-methyl/N-ethyl adjacent to an activating group) is 1. The molecule has 0 aliphatic heterocycles. The van der Waals surface area contributed by atoms with Gasteiger partial charge in [-0.05, 0) is 25.8 Å². The van der Waals surface area contributed by atoms with Gasteiger partial charge in [0, 0.05) is 32.2 Å². The molecule has 24 heavy (non-hydrogen) atoms. The molecule has 1 saturated carbocycles. The lowest BCUT2D eigenvalue weighted by molar-refractivity contribution is 0.249. The van der Waals surface area contributed by atoms with Crippen molar-refractivity contribution in [2.45, 2.75) is 58.0 Å². The van der Waals surface area contributed by atoms with Gasteiger partial charge in [-0.1, -0.05) is 31.8 Å². The monoisotopic (exact) mass is 449 g/mol. The molecule has 2 rings (SSSR count).